The number of carbonyl (C=O) groups is 3. The van der Waals surface area contributed by atoms with E-state index in [0.29, 0.717) is 6.42 Å². The van der Waals surface area contributed by atoms with Gasteiger partial charge in [0.1, 0.15) is 6.61 Å². The van der Waals surface area contributed by atoms with Crippen molar-refractivity contribution in [2.45, 2.75) is 63.6 Å². The zero-order chi connectivity index (χ0) is 24.7. The Hall–Kier alpha value is -3.35. The molecule has 0 unspecified atom stereocenters. The number of benzene rings is 2. The van der Waals surface area contributed by atoms with Crippen molar-refractivity contribution in [2.75, 3.05) is 6.61 Å². The summed E-state index contributed by atoms with van der Waals surface area (Å²) in [5.41, 5.74) is 4.63. The Morgan fingerprint density at radius 3 is 2.23 bits per heavy atom. The van der Waals surface area contributed by atoms with Crippen LogP contribution >= 0.6 is 0 Å². The molecule has 2 N–H and O–H groups in total. The molecule has 2 amide bonds. The van der Waals surface area contributed by atoms with Crippen LogP contribution in [0.4, 0.5) is 4.79 Å². The Labute approximate surface area is 205 Å². The van der Waals surface area contributed by atoms with E-state index in [9.17, 15) is 19.5 Å². The van der Waals surface area contributed by atoms with Gasteiger partial charge in [-0.25, -0.2) is 4.79 Å². The van der Waals surface area contributed by atoms with Gasteiger partial charge in [-0.05, 0) is 47.4 Å². The molecule has 2 heterocycles. The average Bonchev–Trinajstić information content (AvgIpc) is 3.52. The number of fused-ring (bicyclic) bond motifs is 5. The van der Waals surface area contributed by atoms with Gasteiger partial charge in [0.15, 0.2) is 0 Å². The molecule has 0 aromatic heterocycles. The van der Waals surface area contributed by atoms with Gasteiger partial charge in [0.05, 0.1) is 5.92 Å². The predicted octanol–water partition coefficient (Wildman–Crippen LogP) is 4.40. The van der Waals surface area contributed by atoms with Crippen LogP contribution in [-0.2, 0) is 14.3 Å². The van der Waals surface area contributed by atoms with Gasteiger partial charge >= 0.3 is 12.1 Å². The largest absolute Gasteiger partial charge is 0.481 e. The first-order chi connectivity index (χ1) is 16.8. The number of nitrogens with zero attached hydrogens (tertiary/aromatic N) is 1. The van der Waals surface area contributed by atoms with E-state index in [2.05, 4.69) is 29.6 Å². The molecule has 2 aromatic carbocycles. The number of aliphatic carboxylic acids is 1. The van der Waals surface area contributed by atoms with Gasteiger partial charge in [0.2, 0.25) is 5.91 Å². The number of alkyl carbamates (subject to hydrolysis) is 1. The molecule has 35 heavy (non-hydrogen) atoms. The summed E-state index contributed by atoms with van der Waals surface area (Å²) in [4.78, 5) is 39.3. The molecule has 1 aliphatic carbocycles. The Bertz CT molecular complexity index is 1100. The molecule has 0 spiro atoms. The first-order valence-electron chi connectivity index (χ1n) is 12.5. The van der Waals surface area contributed by atoms with Crippen LogP contribution in [-0.4, -0.2) is 52.7 Å². The van der Waals surface area contributed by atoms with Crippen molar-refractivity contribution in [1.29, 1.82) is 0 Å². The minimum atomic E-state index is -0.827. The molecule has 3 aliphatic rings. The zero-order valence-corrected chi connectivity index (χ0v) is 20.1. The molecule has 5 rings (SSSR count). The summed E-state index contributed by atoms with van der Waals surface area (Å²) in [7, 11) is 0. The highest BCUT2D eigenvalue weighted by Gasteiger charge is 2.51. The van der Waals surface area contributed by atoms with Crippen LogP contribution < -0.4 is 5.32 Å². The normalized spacial score (nSPS) is 23.2. The zero-order valence-electron chi connectivity index (χ0n) is 20.1. The third-order valence-corrected chi connectivity index (χ3v) is 7.99. The number of hydrogen-bond donors (Lipinski definition) is 2. The van der Waals surface area contributed by atoms with Gasteiger partial charge < -0.3 is 20.1 Å². The van der Waals surface area contributed by atoms with Crippen LogP contribution in [0.5, 0.6) is 0 Å². The number of rotatable bonds is 7. The Morgan fingerprint density at radius 1 is 1.03 bits per heavy atom. The highest BCUT2D eigenvalue weighted by molar-refractivity contribution is 5.82. The second-order valence-corrected chi connectivity index (χ2v) is 10.3. The fraction of sp³-hybridized carbons (Fsp3) is 0.464. The van der Waals surface area contributed by atoms with Crippen molar-refractivity contribution in [3.05, 3.63) is 59.7 Å². The van der Waals surface area contributed by atoms with Crippen molar-refractivity contribution >= 4 is 18.0 Å². The molecule has 7 heteroatoms. The second kappa shape index (κ2) is 9.36. The van der Waals surface area contributed by atoms with E-state index in [-0.39, 0.29) is 48.9 Å². The summed E-state index contributed by atoms with van der Waals surface area (Å²) in [5.74, 6) is -1.40. The summed E-state index contributed by atoms with van der Waals surface area (Å²) >= 11 is 0. The minimum absolute atomic E-state index is 0.00383. The molecular formula is C28H32N2O5. The van der Waals surface area contributed by atoms with Crippen LogP contribution in [0, 0.1) is 11.8 Å². The van der Waals surface area contributed by atoms with E-state index in [1.165, 1.54) is 11.1 Å². The van der Waals surface area contributed by atoms with Crippen molar-refractivity contribution in [1.82, 2.24) is 10.2 Å². The topological polar surface area (TPSA) is 95.9 Å². The maximum atomic E-state index is 13.2. The molecule has 2 aliphatic heterocycles. The van der Waals surface area contributed by atoms with E-state index in [1.54, 1.807) is 4.90 Å². The molecule has 7 nitrogen and oxygen atoms in total. The summed E-state index contributed by atoms with van der Waals surface area (Å²) in [6.45, 7) is 4.13. The number of carboxylic acids is 1. The molecular weight excluding hydrogens is 444 g/mol. The highest BCUT2D eigenvalue weighted by Crippen LogP contribution is 2.45. The van der Waals surface area contributed by atoms with E-state index in [0.717, 1.165) is 24.0 Å². The monoisotopic (exact) mass is 476 g/mol. The van der Waals surface area contributed by atoms with Gasteiger partial charge in [-0.3, -0.25) is 9.59 Å². The van der Waals surface area contributed by atoms with Gasteiger partial charge in [-0.15, -0.1) is 0 Å². The Morgan fingerprint density at radius 2 is 1.66 bits per heavy atom. The lowest BCUT2D eigenvalue weighted by Crippen LogP contribution is -2.45. The first kappa shape index (κ1) is 23.4. The van der Waals surface area contributed by atoms with E-state index in [4.69, 9.17) is 4.74 Å². The summed E-state index contributed by atoms with van der Waals surface area (Å²) in [6.07, 6.45) is 1.72. The standard InChI is InChI=1S/C28H32N2O5/c1-16(2)24(14-26(31)30-17-11-12-25(30)22(13-17)27(32)33)29-28(34)35-15-23-20-9-5-3-7-18(20)19-8-4-6-10-21(19)23/h3-10,16-17,22-25H,11-15H2,1-2H3,(H,29,34)(H,32,33)/t17-,22+,24+,25+/m1/s1. The molecule has 184 valence electrons. The van der Waals surface area contributed by atoms with Gasteiger partial charge in [0, 0.05) is 30.5 Å². The molecule has 2 bridgehead atoms. The maximum Gasteiger partial charge on any atom is 0.407 e. The minimum Gasteiger partial charge on any atom is -0.481 e. The highest BCUT2D eigenvalue weighted by atomic mass is 16.5. The number of ether oxygens (including phenoxy) is 1. The fourth-order valence-electron chi connectivity index (χ4n) is 6.18. The van der Waals surface area contributed by atoms with Crippen molar-refractivity contribution in [2.24, 2.45) is 11.8 Å². The third kappa shape index (κ3) is 4.28. The fourth-order valence-corrected chi connectivity index (χ4v) is 6.18. The van der Waals surface area contributed by atoms with Gasteiger partial charge in [-0.2, -0.15) is 0 Å². The van der Waals surface area contributed by atoms with Crippen LogP contribution in [0.2, 0.25) is 0 Å². The summed E-state index contributed by atoms with van der Waals surface area (Å²) in [6, 6.07) is 15.7. The van der Waals surface area contributed by atoms with Crippen molar-refractivity contribution < 1.29 is 24.2 Å². The molecule has 0 radical (unpaired) electrons. The summed E-state index contributed by atoms with van der Waals surface area (Å²) in [5, 5.41) is 12.4. The number of hydrogen-bond acceptors (Lipinski definition) is 4. The van der Waals surface area contributed by atoms with Crippen LogP contribution in [0.25, 0.3) is 11.1 Å². The van der Waals surface area contributed by atoms with Gasteiger partial charge in [0.25, 0.3) is 0 Å². The molecule has 0 saturated carbocycles. The lowest BCUT2D eigenvalue weighted by molar-refractivity contribution is -0.143. The average molecular weight is 477 g/mol. The Kier molecular flexibility index (Phi) is 6.26. The van der Waals surface area contributed by atoms with Crippen LogP contribution in [0.1, 0.15) is 56.6 Å². The quantitative estimate of drug-likeness (QED) is 0.617. The number of carbonyl (C=O) groups excluding carboxylic acids is 2. The smallest absolute Gasteiger partial charge is 0.407 e. The van der Waals surface area contributed by atoms with E-state index in [1.807, 2.05) is 38.1 Å². The molecule has 2 fully saturated rings. The lowest BCUT2D eigenvalue weighted by Gasteiger charge is -2.28. The lowest BCUT2D eigenvalue weighted by atomic mass is 9.89. The summed E-state index contributed by atoms with van der Waals surface area (Å²) < 4.78 is 5.68. The first-order valence-corrected chi connectivity index (χ1v) is 12.5. The van der Waals surface area contributed by atoms with E-state index >= 15 is 0 Å². The van der Waals surface area contributed by atoms with Gasteiger partial charge in [-0.1, -0.05) is 62.4 Å². The maximum absolute atomic E-state index is 13.2. The molecule has 2 saturated heterocycles. The molecule has 4 atom stereocenters. The van der Waals surface area contributed by atoms with Crippen LogP contribution in [0.15, 0.2) is 48.5 Å². The number of amides is 2. The Balaban J connectivity index is 1.21. The van der Waals surface area contributed by atoms with Crippen molar-refractivity contribution in [3.63, 3.8) is 0 Å². The predicted molar refractivity (Wildman–Crippen MR) is 131 cm³/mol. The number of nitrogens with one attached hydrogen (secondary N) is 1. The van der Waals surface area contributed by atoms with E-state index < -0.39 is 18.0 Å². The second-order valence-electron chi connectivity index (χ2n) is 10.3. The third-order valence-electron chi connectivity index (χ3n) is 7.99. The van der Waals surface area contributed by atoms with Crippen molar-refractivity contribution in [3.8, 4) is 11.1 Å². The molecule has 2 aromatic rings. The number of carboxylic acid groups (broad SMARTS) is 1. The SMILES string of the molecule is CC(C)[C@H](CC(=O)N1[C@@H]2CC[C@H]1[C@@H](C(=O)O)C2)NC(=O)OCC1c2ccccc2-c2ccccc21. The van der Waals surface area contributed by atoms with Crippen LogP contribution in [0.3, 0.4) is 0 Å².